The highest BCUT2D eigenvalue weighted by Crippen LogP contribution is 2.15. The predicted octanol–water partition coefficient (Wildman–Crippen LogP) is 2.82. The highest BCUT2D eigenvalue weighted by atomic mass is 15.1. The van der Waals surface area contributed by atoms with Crippen LogP contribution in [0, 0.1) is 0 Å². The van der Waals surface area contributed by atoms with Crippen LogP contribution in [0.4, 0.5) is 5.69 Å². The van der Waals surface area contributed by atoms with Gasteiger partial charge >= 0.3 is 0 Å². The molecule has 0 amide bonds. The quantitative estimate of drug-likeness (QED) is 0.804. The van der Waals surface area contributed by atoms with Gasteiger partial charge in [-0.05, 0) is 55.9 Å². The fraction of sp³-hybridized carbons (Fsp3) is 0.353. The molecule has 2 aromatic rings. The summed E-state index contributed by atoms with van der Waals surface area (Å²) in [5.41, 5.74) is 3.94. The average molecular weight is 269 g/mol. The summed E-state index contributed by atoms with van der Waals surface area (Å²) >= 11 is 0. The molecule has 3 nitrogen and oxygen atoms in total. The lowest BCUT2D eigenvalue weighted by molar-refractivity contribution is 0.402. The molecule has 2 rings (SSSR count). The Hall–Kier alpha value is -1.87. The third kappa shape index (κ3) is 4.35. The number of likely N-dealkylation sites (N-methyl/N-ethyl adjacent to an activating group) is 1. The lowest BCUT2D eigenvalue weighted by Crippen LogP contribution is -2.20. The summed E-state index contributed by atoms with van der Waals surface area (Å²) in [5, 5.41) is 0. The maximum atomic E-state index is 4.05. The van der Waals surface area contributed by atoms with E-state index in [1.807, 2.05) is 12.4 Å². The Balaban J connectivity index is 1.90. The first kappa shape index (κ1) is 14.5. The van der Waals surface area contributed by atoms with E-state index in [4.69, 9.17) is 0 Å². The summed E-state index contributed by atoms with van der Waals surface area (Å²) < 4.78 is 0. The highest BCUT2D eigenvalue weighted by Gasteiger charge is 2.02. The minimum Gasteiger partial charge on any atom is -0.374 e. The Morgan fingerprint density at radius 3 is 2.10 bits per heavy atom. The van der Waals surface area contributed by atoms with Gasteiger partial charge in [0.05, 0.1) is 0 Å². The molecule has 0 aliphatic heterocycles. The first-order valence-electron chi connectivity index (χ1n) is 6.99. The Labute approximate surface area is 121 Å². The summed E-state index contributed by atoms with van der Waals surface area (Å²) in [4.78, 5) is 8.52. The largest absolute Gasteiger partial charge is 0.374 e. The fourth-order valence-corrected chi connectivity index (χ4v) is 2.20. The SMILES string of the molecule is CN(C)Cc1ccc(N(C)CCc2ccncc2)cc1. The van der Waals surface area contributed by atoms with Crippen molar-refractivity contribution in [3.8, 4) is 0 Å². The molecule has 1 aromatic heterocycles. The van der Waals surface area contributed by atoms with Gasteiger partial charge in [0.2, 0.25) is 0 Å². The predicted molar refractivity (Wildman–Crippen MR) is 85.0 cm³/mol. The minimum atomic E-state index is 0.987. The van der Waals surface area contributed by atoms with Gasteiger partial charge in [-0.25, -0.2) is 0 Å². The van der Waals surface area contributed by atoms with Gasteiger partial charge in [-0.3, -0.25) is 4.98 Å². The second-order valence-electron chi connectivity index (χ2n) is 5.43. The molecule has 0 aliphatic carbocycles. The van der Waals surface area contributed by atoms with Crippen LogP contribution >= 0.6 is 0 Å². The van der Waals surface area contributed by atoms with E-state index in [2.05, 4.69) is 72.3 Å². The molecular weight excluding hydrogens is 246 g/mol. The van der Waals surface area contributed by atoms with E-state index in [9.17, 15) is 0 Å². The van der Waals surface area contributed by atoms with Gasteiger partial charge < -0.3 is 9.80 Å². The molecule has 0 N–H and O–H groups in total. The summed E-state index contributed by atoms with van der Waals surface area (Å²) in [6, 6.07) is 13.0. The summed E-state index contributed by atoms with van der Waals surface area (Å²) in [5.74, 6) is 0. The number of aromatic nitrogens is 1. The molecule has 0 radical (unpaired) electrons. The zero-order chi connectivity index (χ0) is 14.4. The Bertz CT molecular complexity index is 506. The van der Waals surface area contributed by atoms with Crippen molar-refractivity contribution in [2.75, 3.05) is 32.6 Å². The number of benzene rings is 1. The molecule has 0 spiro atoms. The van der Waals surface area contributed by atoms with Crippen LogP contribution in [0.15, 0.2) is 48.8 Å². The van der Waals surface area contributed by atoms with Crippen LogP contribution in [0.2, 0.25) is 0 Å². The summed E-state index contributed by atoms with van der Waals surface area (Å²) in [6.45, 7) is 2.00. The molecule has 106 valence electrons. The van der Waals surface area contributed by atoms with E-state index in [1.165, 1.54) is 16.8 Å². The number of pyridine rings is 1. The normalized spacial score (nSPS) is 10.8. The topological polar surface area (TPSA) is 19.4 Å². The number of anilines is 1. The number of rotatable bonds is 6. The highest BCUT2D eigenvalue weighted by molar-refractivity contribution is 5.47. The van der Waals surface area contributed by atoms with Crippen molar-refractivity contribution in [2.24, 2.45) is 0 Å². The molecule has 1 heterocycles. The zero-order valence-corrected chi connectivity index (χ0v) is 12.6. The Kier molecular flexibility index (Phi) is 5.13. The number of hydrogen-bond donors (Lipinski definition) is 0. The summed E-state index contributed by atoms with van der Waals surface area (Å²) in [7, 11) is 6.33. The first-order valence-corrected chi connectivity index (χ1v) is 6.99. The van der Waals surface area contributed by atoms with Gasteiger partial charge in [0.25, 0.3) is 0 Å². The molecule has 0 bridgehead atoms. The second kappa shape index (κ2) is 7.06. The number of nitrogens with zero attached hydrogens (tertiary/aromatic N) is 3. The van der Waals surface area contributed by atoms with Crippen LogP contribution in [0.25, 0.3) is 0 Å². The van der Waals surface area contributed by atoms with Crippen molar-refractivity contribution >= 4 is 5.69 Å². The number of hydrogen-bond acceptors (Lipinski definition) is 3. The van der Waals surface area contributed by atoms with Crippen molar-refractivity contribution in [2.45, 2.75) is 13.0 Å². The van der Waals surface area contributed by atoms with Crippen molar-refractivity contribution in [1.29, 1.82) is 0 Å². The van der Waals surface area contributed by atoms with Gasteiger partial charge in [0, 0.05) is 38.2 Å². The van der Waals surface area contributed by atoms with Crippen molar-refractivity contribution < 1.29 is 0 Å². The van der Waals surface area contributed by atoms with Crippen LogP contribution in [-0.2, 0) is 13.0 Å². The van der Waals surface area contributed by atoms with E-state index in [1.54, 1.807) is 0 Å². The molecule has 3 heteroatoms. The minimum absolute atomic E-state index is 0.987. The van der Waals surface area contributed by atoms with Crippen LogP contribution in [0.5, 0.6) is 0 Å². The van der Waals surface area contributed by atoms with Crippen molar-refractivity contribution in [1.82, 2.24) is 9.88 Å². The maximum absolute atomic E-state index is 4.05. The van der Waals surface area contributed by atoms with E-state index in [0.717, 1.165) is 19.5 Å². The molecular formula is C17H23N3. The first-order chi connectivity index (χ1) is 9.65. The van der Waals surface area contributed by atoms with Crippen molar-refractivity contribution in [3.63, 3.8) is 0 Å². The fourth-order valence-electron chi connectivity index (χ4n) is 2.20. The standard InChI is InChI=1S/C17H23N3/c1-19(2)14-16-4-6-17(7-5-16)20(3)13-10-15-8-11-18-12-9-15/h4-9,11-12H,10,13-14H2,1-3H3. The van der Waals surface area contributed by atoms with Gasteiger partial charge in [0.15, 0.2) is 0 Å². The van der Waals surface area contributed by atoms with Gasteiger partial charge in [-0.2, -0.15) is 0 Å². The lowest BCUT2D eigenvalue weighted by atomic mass is 10.1. The molecule has 0 atom stereocenters. The third-order valence-electron chi connectivity index (χ3n) is 3.36. The molecule has 0 saturated carbocycles. The van der Waals surface area contributed by atoms with Gasteiger partial charge in [-0.1, -0.05) is 12.1 Å². The van der Waals surface area contributed by atoms with Crippen LogP contribution in [-0.4, -0.2) is 37.6 Å². The Morgan fingerprint density at radius 1 is 0.850 bits per heavy atom. The second-order valence-corrected chi connectivity index (χ2v) is 5.43. The van der Waals surface area contributed by atoms with Gasteiger partial charge in [0.1, 0.15) is 0 Å². The van der Waals surface area contributed by atoms with E-state index in [0.29, 0.717) is 0 Å². The third-order valence-corrected chi connectivity index (χ3v) is 3.36. The monoisotopic (exact) mass is 269 g/mol. The van der Waals surface area contributed by atoms with Gasteiger partial charge in [-0.15, -0.1) is 0 Å². The molecule has 1 aromatic carbocycles. The Morgan fingerprint density at radius 2 is 1.50 bits per heavy atom. The average Bonchev–Trinajstić information content (AvgIpc) is 2.46. The maximum Gasteiger partial charge on any atom is 0.0363 e. The summed E-state index contributed by atoms with van der Waals surface area (Å²) in [6.07, 6.45) is 4.75. The molecule has 20 heavy (non-hydrogen) atoms. The lowest BCUT2D eigenvalue weighted by Gasteiger charge is -2.20. The molecule has 0 fully saturated rings. The zero-order valence-electron chi connectivity index (χ0n) is 12.6. The van der Waals surface area contributed by atoms with E-state index < -0.39 is 0 Å². The van der Waals surface area contributed by atoms with E-state index >= 15 is 0 Å². The molecule has 0 saturated heterocycles. The van der Waals surface area contributed by atoms with Crippen LogP contribution in [0.3, 0.4) is 0 Å². The molecule has 0 aliphatic rings. The van der Waals surface area contributed by atoms with Crippen LogP contribution in [0.1, 0.15) is 11.1 Å². The van der Waals surface area contributed by atoms with E-state index in [-0.39, 0.29) is 0 Å². The molecule has 0 unspecified atom stereocenters. The smallest absolute Gasteiger partial charge is 0.0363 e. The van der Waals surface area contributed by atoms with Crippen molar-refractivity contribution in [3.05, 3.63) is 59.9 Å². The van der Waals surface area contributed by atoms with Crippen LogP contribution < -0.4 is 4.90 Å².